The first-order valence-corrected chi connectivity index (χ1v) is 5.48. The van der Waals surface area contributed by atoms with Gasteiger partial charge in [0.25, 0.3) is 0 Å². The van der Waals surface area contributed by atoms with Gasteiger partial charge in [0, 0.05) is 5.69 Å². The van der Waals surface area contributed by atoms with E-state index in [1.165, 1.54) is 6.07 Å². The van der Waals surface area contributed by atoms with Crippen molar-refractivity contribution in [1.29, 1.82) is 5.26 Å². The summed E-state index contributed by atoms with van der Waals surface area (Å²) in [6.45, 7) is 1.72. The van der Waals surface area contributed by atoms with Gasteiger partial charge in [0.2, 0.25) is 5.91 Å². The molecule has 1 N–H and O–H groups in total. The van der Waals surface area contributed by atoms with Gasteiger partial charge in [-0.05, 0) is 25.1 Å². The number of rotatable bonds is 2. The van der Waals surface area contributed by atoms with E-state index in [0.29, 0.717) is 16.3 Å². The zero-order valence-electron chi connectivity index (χ0n) is 7.92. The Hall–Kier alpha value is -1.05. The Morgan fingerprint density at radius 1 is 1.67 bits per heavy atom. The lowest BCUT2D eigenvalue weighted by Crippen LogP contribution is -2.19. The average Bonchev–Trinajstić information content (AvgIpc) is 2.20. The number of hydrogen-bond donors (Lipinski definition) is 1. The van der Waals surface area contributed by atoms with Crippen LogP contribution in [0.15, 0.2) is 18.2 Å². The van der Waals surface area contributed by atoms with Crippen molar-refractivity contribution in [1.82, 2.24) is 0 Å². The van der Waals surface area contributed by atoms with Crippen LogP contribution >= 0.6 is 27.5 Å². The number of hydrogen-bond acceptors (Lipinski definition) is 2. The molecule has 0 heterocycles. The molecule has 5 heteroatoms. The molecule has 1 rings (SSSR count). The molecule has 78 valence electrons. The lowest BCUT2D eigenvalue weighted by Gasteiger charge is -2.07. The minimum Gasteiger partial charge on any atom is -0.325 e. The van der Waals surface area contributed by atoms with E-state index in [9.17, 15) is 4.79 Å². The Morgan fingerprint density at radius 2 is 2.33 bits per heavy atom. The summed E-state index contributed by atoms with van der Waals surface area (Å²) in [5.41, 5.74) is 0.906. The largest absolute Gasteiger partial charge is 0.325 e. The van der Waals surface area contributed by atoms with E-state index in [4.69, 9.17) is 16.9 Å². The fraction of sp³-hybridized carbons (Fsp3) is 0.200. The minimum atomic E-state index is -0.279. The lowest BCUT2D eigenvalue weighted by molar-refractivity contribution is -0.115. The van der Waals surface area contributed by atoms with E-state index in [2.05, 4.69) is 21.2 Å². The maximum atomic E-state index is 11.3. The fourth-order valence-electron chi connectivity index (χ4n) is 0.930. The van der Waals surface area contributed by atoms with E-state index in [1.54, 1.807) is 19.1 Å². The summed E-state index contributed by atoms with van der Waals surface area (Å²) >= 11 is 8.90. The zero-order chi connectivity index (χ0) is 11.4. The van der Waals surface area contributed by atoms with Crippen molar-refractivity contribution in [2.45, 2.75) is 11.8 Å². The van der Waals surface area contributed by atoms with Crippen molar-refractivity contribution >= 4 is 39.1 Å². The smallest absolute Gasteiger partial charge is 0.237 e. The summed E-state index contributed by atoms with van der Waals surface area (Å²) < 4.78 is 0. The number of benzene rings is 1. The van der Waals surface area contributed by atoms with Crippen LogP contribution in [-0.2, 0) is 4.79 Å². The average molecular weight is 288 g/mol. The van der Waals surface area contributed by atoms with Gasteiger partial charge in [0.1, 0.15) is 6.07 Å². The van der Waals surface area contributed by atoms with Crippen LogP contribution < -0.4 is 5.32 Å². The van der Waals surface area contributed by atoms with E-state index >= 15 is 0 Å². The zero-order valence-corrected chi connectivity index (χ0v) is 10.3. The molecule has 0 fully saturated rings. The van der Waals surface area contributed by atoms with Gasteiger partial charge in [-0.25, -0.2) is 0 Å². The second-order valence-electron chi connectivity index (χ2n) is 2.91. The molecule has 0 radical (unpaired) electrons. The van der Waals surface area contributed by atoms with Gasteiger partial charge in [-0.1, -0.05) is 27.5 Å². The lowest BCUT2D eigenvalue weighted by atomic mass is 10.2. The van der Waals surface area contributed by atoms with Gasteiger partial charge in [-0.15, -0.1) is 0 Å². The van der Waals surface area contributed by atoms with Gasteiger partial charge in [0.15, 0.2) is 0 Å². The molecule has 0 spiro atoms. The molecule has 0 aliphatic rings. The number of carbonyl (C=O) groups is 1. The Bertz CT molecular complexity index is 426. The SMILES string of the molecule is CC(Br)C(=O)Nc1ccc(Cl)c(C#N)c1. The molecule has 0 aromatic heterocycles. The van der Waals surface area contributed by atoms with Crippen molar-refractivity contribution in [3.05, 3.63) is 28.8 Å². The normalized spacial score (nSPS) is 11.6. The van der Waals surface area contributed by atoms with E-state index < -0.39 is 0 Å². The van der Waals surface area contributed by atoms with Crippen LogP contribution in [0.1, 0.15) is 12.5 Å². The van der Waals surface area contributed by atoms with Crippen LogP contribution in [0.2, 0.25) is 5.02 Å². The Labute approximate surface area is 101 Å². The van der Waals surface area contributed by atoms with Crippen molar-refractivity contribution < 1.29 is 4.79 Å². The molecular weight excluding hydrogens is 279 g/mol. The number of nitrogens with zero attached hydrogens (tertiary/aromatic N) is 1. The first kappa shape index (κ1) is 12.0. The predicted octanol–water partition coefficient (Wildman–Crippen LogP) is 2.93. The first-order chi connectivity index (χ1) is 7.04. The van der Waals surface area contributed by atoms with Crippen LogP contribution in [0.5, 0.6) is 0 Å². The quantitative estimate of drug-likeness (QED) is 0.850. The third-order valence-electron chi connectivity index (χ3n) is 1.72. The number of nitriles is 1. The summed E-state index contributed by atoms with van der Waals surface area (Å²) in [6.07, 6.45) is 0. The highest BCUT2D eigenvalue weighted by Crippen LogP contribution is 2.20. The highest BCUT2D eigenvalue weighted by molar-refractivity contribution is 9.10. The number of halogens is 2. The Morgan fingerprint density at radius 3 is 2.87 bits per heavy atom. The Balaban J connectivity index is 2.89. The van der Waals surface area contributed by atoms with Crippen LogP contribution in [0, 0.1) is 11.3 Å². The highest BCUT2D eigenvalue weighted by atomic mass is 79.9. The van der Waals surface area contributed by atoms with Crippen molar-refractivity contribution in [3.8, 4) is 6.07 Å². The molecule has 1 unspecified atom stereocenters. The van der Waals surface area contributed by atoms with E-state index in [0.717, 1.165) is 0 Å². The topological polar surface area (TPSA) is 52.9 Å². The third kappa shape index (κ3) is 3.22. The number of amides is 1. The van der Waals surface area contributed by atoms with E-state index in [-0.39, 0.29) is 10.7 Å². The first-order valence-electron chi connectivity index (χ1n) is 4.19. The summed E-state index contributed by atoms with van der Waals surface area (Å²) in [6, 6.07) is 6.71. The number of nitrogens with one attached hydrogen (secondary N) is 1. The number of anilines is 1. The molecule has 0 saturated carbocycles. The molecule has 0 aliphatic heterocycles. The maximum Gasteiger partial charge on any atom is 0.237 e. The molecule has 1 aromatic carbocycles. The summed E-state index contributed by atoms with van der Waals surface area (Å²) in [7, 11) is 0. The van der Waals surface area contributed by atoms with Gasteiger partial charge < -0.3 is 5.32 Å². The second-order valence-corrected chi connectivity index (χ2v) is 4.69. The minimum absolute atomic E-state index is 0.166. The van der Waals surface area contributed by atoms with Gasteiger partial charge >= 0.3 is 0 Å². The molecule has 0 aliphatic carbocycles. The van der Waals surface area contributed by atoms with Crippen LogP contribution in [0.4, 0.5) is 5.69 Å². The van der Waals surface area contributed by atoms with Crippen molar-refractivity contribution in [2.75, 3.05) is 5.32 Å². The van der Waals surface area contributed by atoms with Gasteiger partial charge in [-0.3, -0.25) is 4.79 Å². The monoisotopic (exact) mass is 286 g/mol. The summed E-state index contributed by atoms with van der Waals surface area (Å²) in [5, 5.41) is 11.8. The molecule has 3 nitrogen and oxygen atoms in total. The second kappa shape index (κ2) is 5.15. The molecule has 0 bridgehead atoms. The standard InChI is InChI=1S/C10H8BrClN2O/c1-6(11)10(15)14-8-2-3-9(12)7(4-8)5-13/h2-4,6H,1H3,(H,14,15). The molecular formula is C10H8BrClN2O. The number of carbonyl (C=O) groups excluding carboxylic acids is 1. The van der Waals surface area contributed by atoms with Crippen molar-refractivity contribution in [2.24, 2.45) is 0 Å². The molecule has 1 amide bonds. The van der Waals surface area contributed by atoms with Gasteiger partial charge in [0.05, 0.1) is 15.4 Å². The molecule has 1 atom stereocenters. The molecule has 15 heavy (non-hydrogen) atoms. The predicted molar refractivity (Wildman–Crippen MR) is 63.2 cm³/mol. The maximum absolute atomic E-state index is 11.3. The highest BCUT2D eigenvalue weighted by Gasteiger charge is 2.09. The molecule has 1 aromatic rings. The summed E-state index contributed by atoms with van der Waals surface area (Å²) in [4.78, 5) is 11.0. The third-order valence-corrected chi connectivity index (χ3v) is 2.46. The van der Waals surface area contributed by atoms with Crippen LogP contribution in [0.3, 0.4) is 0 Å². The van der Waals surface area contributed by atoms with Gasteiger partial charge in [-0.2, -0.15) is 5.26 Å². The van der Waals surface area contributed by atoms with Crippen LogP contribution in [0.25, 0.3) is 0 Å². The Kier molecular flexibility index (Phi) is 4.13. The molecule has 0 saturated heterocycles. The summed E-state index contributed by atoms with van der Waals surface area (Å²) in [5.74, 6) is -0.166. The van der Waals surface area contributed by atoms with E-state index in [1.807, 2.05) is 6.07 Å². The van der Waals surface area contributed by atoms with Crippen LogP contribution in [-0.4, -0.2) is 10.7 Å². The van der Waals surface area contributed by atoms with Crippen molar-refractivity contribution in [3.63, 3.8) is 0 Å². The number of alkyl halides is 1. The fourth-order valence-corrected chi connectivity index (χ4v) is 1.20.